The molecule has 0 amide bonds. The molecule has 1 rings (SSSR count). The molecule has 1 aromatic rings. The highest BCUT2D eigenvalue weighted by Gasteiger charge is 2.07. The van der Waals surface area contributed by atoms with Crippen LogP contribution in [0.15, 0.2) is 24.3 Å². The number of anilines is 1. The molecule has 0 aliphatic heterocycles. The molecule has 0 atom stereocenters. The average Bonchev–Trinajstić information content (AvgIpc) is 2.59. The molecule has 0 bridgehead atoms. The number of hydrogen-bond donors (Lipinski definition) is 1. The van der Waals surface area contributed by atoms with E-state index >= 15 is 0 Å². The van der Waals surface area contributed by atoms with E-state index in [1.807, 2.05) is 12.1 Å². The molecule has 134 valence electrons. The first-order chi connectivity index (χ1) is 11.7. The summed E-state index contributed by atoms with van der Waals surface area (Å²) < 4.78 is 15.1. The van der Waals surface area contributed by atoms with E-state index in [9.17, 15) is 9.59 Å². The minimum absolute atomic E-state index is 0.151. The molecule has 0 saturated heterocycles. The third kappa shape index (κ3) is 8.53. The van der Waals surface area contributed by atoms with Gasteiger partial charge in [0.25, 0.3) is 0 Å². The van der Waals surface area contributed by atoms with Crippen molar-refractivity contribution in [1.29, 1.82) is 0 Å². The smallest absolute Gasteiger partial charge is 0.338 e. The predicted octanol–water partition coefficient (Wildman–Crippen LogP) is 3.03. The van der Waals surface area contributed by atoms with E-state index in [4.69, 9.17) is 14.2 Å². The maximum atomic E-state index is 11.9. The van der Waals surface area contributed by atoms with Crippen LogP contribution in [0.25, 0.3) is 0 Å². The van der Waals surface area contributed by atoms with E-state index in [2.05, 4.69) is 12.2 Å². The van der Waals surface area contributed by atoms with Crippen LogP contribution in [0.2, 0.25) is 0 Å². The van der Waals surface area contributed by atoms with Gasteiger partial charge in [-0.15, -0.1) is 0 Å². The van der Waals surface area contributed by atoms with Gasteiger partial charge in [-0.1, -0.05) is 13.3 Å². The van der Waals surface area contributed by atoms with Crippen LogP contribution in [0.1, 0.15) is 43.5 Å². The van der Waals surface area contributed by atoms with E-state index in [-0.39, 0.29) is 38.2 Å². The minimum Gasteiger partial charge on any atom is -0.466 e. The second-order valence-corrected chi connectivity index (χ2v) is 5.16. The SMILES string of the molecule is CCCCNc1ccc(C(=O)OCCOCCC(=O)OCC)cc1. The number of hydrogen-bond acceptors (Lipinski definition) is 6. The van der Waals surface area contributed by atoms with Crippen molar-refractivity contribution in [3.05, 3.63) is 29.8 Å². The van der Waals surface area contributed by atoms with Gasteiger partial charge in [-0.2, -0.15) is 0 Å². The third-order valence-corrected chi connectivity index (χ3v) is 3.20. The van der Waals surface area contributed by atoms with Gasteiger partial charge in [0.1, 0.15) is 6.61 Å². The Morgan fingerprint density at radius 3 is 2.42 bits per heavy atom. The maximum Gasteiger partial charge on any atom is 0.338 e. The summed E-state index contributed by atoms with van der Waals surface area (Å²) in [7, 11) is 0. The molecular weight excluding hydrogens is 310 g/mol. The Kier molecular flexibility index (Phi) is 10.3. The standard InChI is InChI=1S/C18H27NO5/c1-3-5-11-19-16-8-6-15(7-9-16)18(21)24-14-13-22-12-10-17(20)23-4-2/h6-9,19H,3-5,10-14H2,1-2H3. The molecule has 0 spiro atoms. The van der Waals surface area contributed by atoms with Crippen LogP contribution in [-0.2, 0) is 19.0 Å². The third-order valence-electron chi connectivity index (χ3n) is 3.20. The van der Waals surface area contributed by atoms with Crippen LogP contribution in [0.5, 0.6) is 0 Å². The molecule has 1 N–H and O–H groups in total. The van der Waals surface area contributed by atoms with Crippen molar-refractivity contribution in [2.75, 3.05) is 38.3 Å². The Labute approximate surface area is 143 Å². The van der Waals surface area contributed by atoms with Gasteiger partial charge in [-0.3, -0.25) is 4.79 Å². The highest BCUT2D eigenvalue weighted by molar-refractivity contribution is 5.89. The van der Waals surface area contributed by atoms with E-state index in [1.165, 1.54) is 0 Å². The Morgan fingerprint density at radius 1 is 1.00 bits per heavy atom. The number of rotatable bonds is 12. The van der Waals surface area contributed by atoms with Crippen LogP contribution in [0.3, 0.4) is 0 Å². The Morgan fingerprint density at radius 2 is 1.75 bits per heavy atom. The van der Waals surface area contributed by atoms with E-state index in [0.717, 1.165) is 25.1 Å². The molecule has 6 nitrogen and oxygen atoms in total. The second kappa shape index (κ2) is 12.4. The van der Waals surface area contributed by atoms with Gasteiger partial charge in [0, 0.05) is 12.2 Å². The van der Waals surface area contributed by atoms with E-state index in [1.54, 1.807) is 19.1 Å². The number of carbonyl (C=O) groups is 2. The zero-order valence-electron chi connectivity index (χ0n) is 14.5. The molecular formula is C18H27NO5. The summed E-state index contributed by atoms with van der Waals surface area (Å²) in [5.74, 6) is -0.675. The van der Waals surface area contributed by atoms with Crippen molar-refractivity contribution in [3.8, 4) is 0 Å². The lowest BCUT2D eigenvalue weighted by molar-refractivity contribution is -0.144. The lowest BCUT2D eigenvalue weighted by Crippen LogP contribution is -2.13. The normalized spacial score (nSPS) is 10.2. The van der Waals surface area contributed by atoms with Crippen molar-refractivity contribution >= 4 is 17.6 Å². The van der Waals surface area contributed by atoms with Gasteiger partial charge in [0.05, 0.1) is 31.8 Å². The highest BCUT2D eigenvalue weighted by atomic mass is 16.6. The van der Waals surface area contributed by atoms with Crippen LogP contribution < -0.4 is 5.32 Å². The number of ether oxygens (including phenoxy) is 3. The van der Waals surface area contributed by atoms with Crippen molar-refractivity contribution in [1.82, 2.24) is 0 Å². The van der Waals surface area contributed by atoms with Crippen LogP contribution in [-0.4, -0.2) is 44.9 Å². The van der Waals surface area contributed by atoms with Gasteiger partial charge in [-0.25, -0.2) is 4.79 Å². The first-order valence-corrected chi connectivity index (χ1v) is 8.41. The molecule has 24 heavy (non-hydrogen) atoms. The lowest BCUT2D eigenvalue weighted by Gasteiger charge is -2.08. The number of benzene rings is 1. The number of esters is 2. The first kappa shape index (κ1) is 20.0. The average molecular weight is 337 g/mol. The zero-order chi connectivity index (χ0) is 17.6. The quantitative estimate of drug-likeness (QED) is 0.467. The largest absolute Gasteiger partial charge is 0.466 e. The Bertz CT molecular complexity index is 487. The van der Waals surface area contributed by atoms with Crippen molar-refractivity contribution in [2.45, 2.75) is 33.1 Å². The van der Waals surface area contributed by atoms with Crippen LogP contribution >= 0.6 is 0 Å². The molecule has 0 aliphatic rings. The summed E-state index contributed by atoms with van der Waals surface area (Å²) >= 11 is 0. The Balaban J connectivity index is 2.17. The van der Waals surface area contributed by atoms with Crippen molar-refractivity contribution < 1.29 is 23.8 Å². The van der Waals surface area contributed by atoms with E-state index in [0.29, 0.717) is 12.2 Å². The monoisotopic (exact) mass is 337 g/mol. The zero-order valence-corrected chi connectivity index (χ0v) is 14.5. The molecule has 1 aromatic carbocycles. The topological polar surface area (TPSA) is 73.9 Å². The summed E-state index contributed by atoms with van der Waals surface area (Å²) in [4.78, 5) is 23.0. The van der Waals surface area contributed by atoms with Crippen molar-refractivity contribution in [3.63, 3.8) is 0 Å². The molecule has 0 fully saturated rings. The summed E-state index contributed by atoms with van der Waals surface area (Å²) in [6.07, 6.45) is 2.45. The minimum atomic E-state index is -0.385. The number of carbonyl (C=O) groups excluding carboxylic acids is 2. The summed E-state index contributed by atoms with van der Waals surface area (Å²) in [6, 6.07) is 7.20. The molecule has 0 heterocycles. The molecule has 6 heteroatoms. The number of unbranched alkanes of at least 4 members (excludes halogenated alkanes) is 1. The van der Waals surface area contributed by atoms with Crippen molar-refractivity contribution in [2.24, 2.45) is 0 Å². The molecule has 0 unspecified atom stereocenters. The fourth-order valence-electron chi connectivity index (χ4n) is 1.90. The second-order valence-electron chi connectivity index (χ2n) is 5.16. The van der Waals surface area contributed by atoms with Gasteiger partial charge < -0.3 is 19.5 Å². The van der Waals surface area contributed by atoms with Gasteiger partial charge in [-0.05, 0) is 37.6 Å². The maximum absolute atomic E-state index is 11.9. The van der Waals surface area contributed by atoms with Gasteiger partial charge in [0.15, 0.2) is 0 Å². The Hall–Kier alpha value is -2.08. The molecule has 0 aromatic heterocycles. The fourth-order valence-corrected chi connectivity index (χ4v) is 1.90. The van der Waals surface area contributed by atoms with Crippen LogP contribution in [0.4, 0.5) is 5.69 Å². The van der Waals surface area contributed by atoms with Crippen LogP contribution in [0, 0.1) is 0 Å². The lowest BCUT2D eigenvalue weighted by atomic mass is 10.2. The first-order valence-electron chi connectivity index (χ1n) is 8.41. The summed E-state index contributed by atoms with van der Waals surface area (Å²) in [5, 5.41) is 3.29. The van der Waals surface area contributed by atoms with Gasteiger partial charge >= 0.3 is 11.9 Å². The molecule has 0 radical (unpaired) electrons. The van der Waals surface area contributed by atoms with E-state index < -0.39 is 0 Å². The highest BCUT2D eigenvalue weighted by Crippen LogP contribution is 2.10. The molecule has 0 saturated carbocycles. The number of nitrogens with one attached hydrogen (secondary N) is 1. The van der Waals surface area contributed by atoms with Gasteiger partial charge in [0.2, 0.25) is 0 Å². The predicted molar refractivity (Wildman–Crippen MR) is 92.2 cm³/mol. The molecule has 0 aliphatic carbocycles. The summed E-state index contributed by atoms with van der Waals surface area (Å²) in [5.41, 5.74) is 1.49. The fraction of sp³-hybridized carbons (Fsp3) is 0.556. The summed E-state index contributed by atoms with van der Waals surface area (Å²) in [6.45, 7) is 5.84.